The molecular formula is C24H25FN2O3S. The third-order valence-corrected chi connectivity index (χ3v) is 6.53. The van der Waals surface area contributed by atoms with Crippen molar-refractivity contribution < 1.29 is 17.6 Å². The first kappa shape index (κ1) is 22.5. The maximum atomic E-state index is 13.8. The fraction of sp³-hybridized carbons (Fsp3) is 0.208. The largest absolute Gasteiger partial charge is 0.345 e. The molecule has 31 heavy (non-hydrogen) atoms. The third kappa shape index (κ3) is 5.30. The van der Waals surface area contributed by atoms with Gasteiger partial charge in [0, 0.05) is 5.56 Å². The van der Waals surface area contributed by atoms with Gasteiger partial charge in [0.15, 0.2) is 0 Å². The maximum Gasteiger partial charge on any atom is 0.262 e. The Morgan fingerprint density at radius 3 is 2.39 bits per heavy atom. The summed E-state index contributed by atoms with van der Waals surface area (Å²) >= 11 is 0. The van der Waals surface area contributed by atoms with E-state index in [2.05, 4.69) is 10.0 Å². The van der Waals surface area contributed by atoms with E-state index in [9.17, 15) is 17.6 Å². The van der Waals surface area contributed by atoms with Crippen molar-refractivity contribution in [1.29, 1.82) is 0 Å². The van der Waals surface area contributed by atoms with Crippen molar-refractivity contribution in [3.8, 4) is 0 Å². The molecular weight excluding hydrogens is 415 g/mol. The summed E-state index contributed by atoms with van der Waals surface area (Å²) in [6, 6.07) is 17.0. The zero-order chi connectivity index (χ0) is 22.6. The third-order valence-electron chi connectivity index (χ3n) is 5.17. The van der Waals surface area contributed by atoms with Gasteiger partial charge < -0.3 is 5.32 Å². The zero-order valence-corrected chi connectivity index (χ0v) is 18.5. The lowest BCUT2D eigenvalue weighted by Crippen LogP contribution is -2.28. The van der Waals surface area contributed by atoms with Gasteiger partial charge in [0.1, 0.15) is 5.82 Å². The molecule has 0 unspecified atom stereocenters. The van der Waals surface area contributed by atoms with Gasteiger partial charge in [-0.25, -0.2) is 12.8 Å². The number of carbonyl (C=O) groups excluding carboxylic acids is 1. The van der Waals surface area contributed by atoms with Gasteiger partial charge in [-0.3, -0.25) is 9.52 Å². The fourth-order valence-electron chi connectivity index (χ4n) is 3.20. The Kier molecular flexibility index (Phi) is 6.75. The van der Waals surface area contributed by atoms with Gasteiger partial charge >= 0.3 is 0 Å². The van der Waals surface area contributed by atoms with Crippen LogP contribution in [-0.4, -0.2) is 14.3 Å². The van der Waals surface area contributed by atoms with Gasteiger partial charge in [0.25, 0.3) is 15.9 Å². The molecule has 162 valence electrons. The molecule has 0 spiro atoms. The molecule has 2 N–H and O–H groups in total. The molecule has 5 nitrogen and oxygen atoms in total. The van der Waals surface area contributed by atoms with E-state index in [0.717, 1.165) is 11.1 Å². The van der Waals surface area contributed by atoms with Crippen LogP contribution in [0.2, 0.25) is 0 Å². The summed E-state index contributed by atoms with van der Waals surface area (Å²) in [4.78, 5) is 12.7. The lowest BCUT2D eigenvalue weighted by molar-refractivity contribution is 0.0935. The molecule has 0 aliphatic carbocycles. The molecule has 0 bridgehead atoms. The standard InChI is InChI=1S/C24H25FN2O3S/c1-4-22(18-13-12-16(2)17(3)14-18)26-24(28)19-8-7-9-20(15-19)31(29,30)27-23-11-6-5-10-21(23)25/h5-15,22,27H,4H2,1-3H3,(H,26,28)/t22-/m1/s1. The van der Waals surface area contributed by atoms with Crippen molar-refractivity contribution in [1.82, 2.24) is 5.32 Å². The van der Waals surface area contributed by atoms with E-state index in [4.69, 9.17) is 0 Å². The van der Waals surface area contributed by atoms with Gasteiger partial charge in [0.2, 0.25) is 0 Å². The number of carbonyl (C=O) groups is 1. The van der Waals surface area contributed by atoms with Crippen molar-refractivity contribution in [2.24, 2.45) is 0 Å². The monoisotopic (exact) mass is 440 g/mol. The van der Waals surface area contributed by atoms with E-state index in [0.29, 0.717) is 6.42 Å². The summed E-state index contributed by atoms with van der Waals surface area (Å²) in [5, 5.41) is 2.97. The maximum absolute atomic E-state index is 13.8. The molecule has 0 heterocycles. The molecule has 3 aromatic rings. The number of anilines is 1. The topological polar surface area (TPSA) is 75.3 Å². The van der Waals surface area contributed by atoms with Crippen LogP contribution in [-0.2, 0) is 10.0 Å². The molecule has 0 aliphatic heterocycles. The van der Waals surface area contributed by atoms with Crippen molar-refractivity contribution in [2.45, 2.75) is 38.1 Å². The van der Waals surface area contributed by atoms with E-state index >= 15 is 0 Å². The molecule has 0 saturated heterocycles. The molecule has 1 amide bonds. The Morgan fingerprint density at radius 2 is 1.71 bits per heavy atom. The predicted molar refractivity (Wildman–Crippen MR) is 120 cm³/mol. The minimum Gasteiger partial charge on any atom is -0.345 e. The van der Waals surface area contributed by atoms with Crippen molar-refractivity contribution in [2.75, 3.05) is 4.72 Å². The number of benzene rings is 3. The molecule has 0 aromatic heterocycles. The molecule has 0 aliphatic rings. The summed E-state index contributed by atoms with van der Waals surface area (Å²) in [6.45, 7) is 6.02. The van der Waals surface area contributed by atoms with Gasteiger partial charge in [-0.2, -0.15) is 0 Å². The van der Waals surface area contributed by atoms with Crippen LogP contribution in [0.15, 0.2) is 71.6 Å². The Hall–Kier alpha value is -3.19. The molecule has 3 aromatic carbocycles. The first-order valence-electron chi connectivity index (χ1n) is 9.96. The van der Waals surface area contributed by atoms with Crippen LogP contribution < -0.4 is 10.0 Å². The summed E-state index contributed by atoms with van der Waals surface area (Å²) in [5.74, 6) is -1.06. The molecule has 0 fully saturated rings. The van der Waals surface area contributed by atoms with Crippen LogP contribution in [0.5, 0.6) is 0 Å². The highest BCUT2D eigenvalue weighted by molar-refractivity contribution is 7.92. The molecule has 0 radical (unpaired) electrons. The van der Waals surface area contributed by atoms with Crippen LogP contribution in [0.3, 0.4) is 0 Å². The number of rotatable bonds is 7. The number of hydrogen-bond donors (Lipinski definition) is 2. The minimum absolute atomic E-state index is 0.123. The average molecular weight is 441 g/mol. The van der Waals surface area contributed by atoms with Gasteiger partial charge in [-0.15, -0.1) is 0 Å². The second-order valence-corrected chi connectivity index (χ2v) is 9.07. The summed E-state index contributed by atoms with van der Waals surface area (Å²) in [7, 11) is -4.06. The van der Waals surface area contributed by atoms with Crippen molar-refractivity contribution >= 4 is 21.6 Å². The van der Waals surface area contributed by atoms with E-state index < -0.39 is 15.8 Å². The van der Waals surface area contributed by atoms with Crippen molar-refractivity contribution in [3.63, 3.8) is 0 Å². The van der Waals surface area contributed by atoms with E-state index in [1.54, 1.807) is 6.07 Å². The fourth-order valence-corrected chi connectivity index (χ4v) is 4.31. The lowest BCUT2D eigenvalue weighted by atomic mass is 9.99. The Balaban J connectivity index is 1.82. The summed E-state index contributed by atoms with van der Waals surface area (Å²) < 4.78 is 41.4. The van der Waals surface area contributed by atoms with Crippen LogP contribution >= 0.6 is 0 Å². The quantitative estimate of drug-likeness (QED) is 0.535. The predicted octanol–water partition coefficient (Wildman–Crippen LogP) is 5.12. The number of hydrogen-bond acceptors (Lipinski definition) is 3. The number of aryl methyl sites for hydroxylation is 2. The number of nitrogens with one attached hydrogen (secondary N) is 2. The number of halogens is 1. The van der Waals surface area contributed by atoms with E-state index in [1.807, 2.05) is 39.0 Å². The second-order valence-electron chi connectivity index (χ2n) is 7.39. The smallest absolute Gasteiger partial charge is 0.262 e. The SMILES string of the molecule is CC[C@@H](NC(=O)c1cccc(S(=O)(=O)Nc2ccccc2F)c1)c1ccc(C)c(C)c1. The second kappa shape index (κ2) is 9.31. The summed E-state index contributed by atoms with van der Waals surface area (Å²) in [6.07, 6.45) is 0.682. The molecule has 1 atom stereocenters. The van der Waals surface area contributed by atoms with Crippen LogP contribution in [0.25, 0.3) is 0 Å². The molecule has 7 heteroatoms. The van der Waals surface area contributed by atoms with Gasteiger partial charge in [0.05, 0.1) is 16.6 Å². The van der Waals surface area contributed by atoms with Crippen LogP contribution in [0, 0.1) is 19.7 Å². The normalized spacial score (nSPS) is 12.3. The van der Waals surface area contributed by atoms with E-state index in [1.165, 1.54) is 48.0 Å². The number of amides is 1. The number of sulfonamides is 1. The number of para-hydroxylation sites is 1. The first-order chi connectivity index (χ1) is 14.7. The lowest BCUT2D eigenvalue weighted by Gasteiger charge is -2.19. The zero-order valence-electron chi connectivity index (χ0n) is 17.6. The highest BCUT2D eigenvalue weighted by Gasteiger charge is 2.20. The first-order valence-corrected chi connectivity index (χ1v) is 11.4. The highest BCUT2D eigenvalue weighted by Crippen LogP contribution is 2.22. The van der Waals surface area contributed by atoms with Gasteiger partial charge in [-0.1, -0.05) is 43.3 Å². The molecule has 3 rings (SSSR count). The van der Waals surface area contributed by atoms with Crippen LogP contribution in [0.1, 0.15) is 46.4 Å². The Bertz CT molecular complexity index is 1210. The van der Waals surface area contributed by atoms with Crippen molar-refractivity contribution in [3.05, 3.63) is 94.8 Å². The summed E-state index contributed by atoms with van der Waals surface area (Å²) in [5.41, 5.74) is 3.35. The molecule has 0 saturated carbocycles. The van der Waals surface area contributed by atoms with Crippen LogP contribution in [0.4, 0.5) is 10.1 Å². The van der Waals surface area contributed by atoms with E-state index in [-0.39, 0.29) is 28.1 Å². The Morgan fingerprint density at radius 1 is 0.968 bits per heavy atom. The minimum atomic E-state index is -4.06. The average Bonchev–Trinajstić information content (AvgIpc) is 2.75. The Labute approximate surface area is 182 Å². The highest BCUT2D eigenvalue weighted by atomic mass is 32.2. The van der Waals surface area contributed by atoms with Gasteiger partial charge in [-0.05, 0) is 67.3 Å².